The molecule has 1 aromatic heterocycles. The molecule has 86 valence electrons. The Hall–Kier alpha value is -0.970. The molecule has 0 spiro atoms. The zero-order valence-electron chi connectivity index (χ0n) is 8.19. The van der Waals surface area contributed by atoms with Gasteiger partial charge in [-0.2, -0.15) is 11.3 Å². The molecule has 2 rings (SSSR count). The predicted octanol–water partition coefficient (Wildman–Crippen LogP) is 3.50. The van der Waals surface area contributed by atoms with E-state index in [4.69, 9.17) is 5.73 Å². The van der Waals surface area contributed by atoms with Crippen LogP contribution in [0.3, 0.4) is 0 Å². The maximum Gasteiger partial charge on any atom is 0.128 e. The second-order valence-corrected chi connectivity index (χ2v) is 3.98. The van der Waals surface area contributed by atoms with Crippen molar-refractivity contribution in [1.29, 1.82) is 0 Å². The van der Waals surface area contributed by atoms with Crippen molar-refractivity contribution in [2.45, 2.75) is 6.04 Å². The van der Waals surface area contributed by atoms with E-state index in [1.54, 1.807) is 6.07 Å². The maximum absolute atomic E-state index is 13.4. The van der Waals surface area contributed by atoms with Gasteiger partial charge in [0.15, 0.2) is 0 Å². The second kappa shape index (κ2) is 5.39. The van der Waals surface area contributed by atoms with Crippen molar-refractivity contribution in [3.63, 3.8) is 0 Å². The first-order chi connectivity index (χ1) is 7.18. The lowest BCUT2D eigenvalue weighted by Gasteiger charge is -2.11. The zero-order valence-corrected chi connectivity index (χ0v) is 9.82. The van der Waals surface area contributed by atoms with Gasteiger partial charge in [-0.3, -0.25) is 0 Å². The number of benzene rings is 1. The molecule has 0 unspecified atom stereocenters. The van der Waals surface area contributed by atoms with E-state index < -0.39 is 17.7 Å². The summed E-state index contributed by atoms with van der Waals surface area (Å²) in [5.41, 5.74) is 6.81. The third kappa shape index (κ3) is 2.58. The molecule has 0 aliphatic rings. The molecule has 0 aliphatic heterocycles. The molecule has 0 saturated heterocycles. The highest BCUT2D eigenvalue weighted by molar-refractivity contribution is 7.08. The minimum Gasteiger partial charge on any atom is -0.320 e. The Balaban J connectivity index is 0.00000128. The van der Waals surface area contributed by atoms with Gasteiger partial charge in [0, 0.05) is 5.56 Å². The third-order valence-corrected chi connectivity index (χ3v) is 2.90. The summed E-state index contributed by atoms with van der Waals surface area (Å²) in [6.45, 7) is 0. The normalized spacial score (nSPS) is 11.9. The monoisotopic (exact) mass is 261 g/mol. The molecule has 2 aromatic rings. The lowest BCUT2D eigenvalue weighted by atomic mass is 10.0. The molecule has 0 radical (unpaired) electrons. The molecule has 1 aromatic carbocycles. The quantitative estimate of drug-likeness (QED) is 0.880. The summed E-state index contributed by atoms with van der Waals surface area (Å²) in [5, 5.41) is 3.68. The number of hydrogen-bond donors (Lipinski definition) is 1. The molecular formula is C11H10ClF2NS. The van der Waals surface area contributed by atoms with Crippen LogP contribution in [0.1, 0.15) is 17.2 Å². The Morgan fingerprint density at radius 2 is 1.94 bits per heavy atom. The Labute approximate surface area is 102 Å². The minimum atomic E-state index is -0.605. The molecule has 1 nitrogen and oxygen atoms in total. The van der Waals surface area contributed by atoms with Crippen LogP contribution in [0.4, 0.5) is 8.78 Å². The molecule has 0 fully saturated rings. The van der Waals surface area contributed by atoms with Gasteiger partial charge in [-0.15, -0.1) is 12.4 Å². The molecule has 1 heterocycles. The molecule has 1 atom stereocenters. The van der Waals surface area contributed by atoms with E-state index in [-0.39, 0.29) is 18.0 Å². The van der Waals surface area contributed by atoms with Crippen LogP contribution in [-0.4, -0.2) is 0 Å². The van der Waals surface area contributed by atoms with Crippen molar-refractivity contribution < 1.29 is 8.78 Å². The van der Waals surface area contributed by atoms with E-state index in [0.29, 0.717) is 0 Å². The Bertz CT molecular complexity index is 459. The minimum absolute atomic E-state index is 0. The number of thiophene rings is 1. The Kier molecular flexibility index (Phi) is 4.41. The van der Waals surface area contributed by atoms with Gasteiger partial charge in [0.2, 0.25) is 0 Å². The summed E-state index contributed by atoms with van der Waals surface area (Å²) in [5.74, 6) is -0.952. The predicted molar refractivity (Wildman–Crippen MR) is 64.0 cm³/mol. The smallest absolute Gasteiger partial charge is 0.128 e. The molecule has 2 N–H and O–H groups in total. The van der Waals surface area contributed by atoms with Crippen LogP contribution >= 0.6 is 23.7 Å². The van der Waals surface area contributed by atoms with Crippen molar-refractivity contribution in [2.24, 2.45) is 5.73 Å². The lowest BCUT2D eigenvalue weighted by Crippen LogP contribution is -2.13. The molecule has 0 bridgehead atoms. The van der Waals surface area contributed by atoms with Crippen LogP contribution in [-0.2, 0) is 0 Å². The average Bonchev–Trinajstić information content (AvgIpc) is 2.74. The average molecular weight is 262 g/mol. The highest BCUT2D eigenvalue weighted by atomic mass is 35.5. The van der Waals surface area contributed by atoms with E-state index in [1.807, 2.05) is 10.8 Å². The largest absolute Gasteiger partial charge is 0.320 e. The van der Waals surface area contributed by atoms with Crippen molar-refractivity contribution in [2.75, 3.05) is 0 Å². The fourth-order valence-corrected chi connectivity index (χ4v) is 2.08. The first-order valence-electron chi connectivity index (χ1n) is 4.41. The Morgan fingerprint density at radius 3 is 2.56 bits per heavy atom. The van der Waals surface area contributed by atoms with Crippen LogP contribution in [0.5, 0.6) is 0 Å². The SMILES string of the molecule is Cl.N[C@@H](c1ccsc1)c1cc(F)ccc1F. The molecular weight excluding hydrogens is 252 g/mol. The van der Waals surface area contributed by atoms with Gasteiger partial charge in [0.25, 0.3) is 0 Å². The summed E-state index contributed by atoms with van der Waals surface area (Å²) in [6, 6.07) is 4.51. The topological polar surface area (TPSA) is 26.0 Å². The lowest BCUT2D eigenvalue weighted by molar-refractivity contribution is 0.577. The van der Waals surface area contributed by atoms with E-state index in [9.17, 15) is 8.78 Å². The van der Waals surface area contributed by atoms with E-state index in [2.05, 4.69) is 0 Å². The van der Waals surface area contributed by atoms with E-state index >= 15 is 0 Å². The molecule has 0 aliphatic carbocycles. The Morgan fingerprint density at radius 1 is 1.19 bits per heavy atom. The molecule has 0 amide bonds. The van der Waals surface area contributed by atoms with Crippen LogP contribution in [0, 0.1) is 11.6 Å². The van der Waals surface area contributed by atoms with Crippen LogP contribution in [0.25, 0.3) is 0 Å². The highest BCUT2D eigenvalue weighted by Crippen LogP contribution is 2.24. The maximum atomic E-state index is 13.4. The first kappa shape index (κ1) is 13.1. The van der Waals surface area contributed by atoms with Crippen LogP contribution in [0.2, 0.25) is 0 Å². The fraction of sp³-hybridized carbons (Fsp3) is 0.0909. The first-order valence-corrected chi connectivity index (χ1v) is 5.35. The summed E-state index contributed by atoms with van der Waals surface area (Å²) >= 11 is 1.48. The second-order valence-electron chi connectivity index (χ2n) is 3.20. The van der Waals surface area contributed by atoms with Crippen molar-refractivity contribution >= 4 is 23.7 Å². The van der Waals surface area contributed by atoms with Crippen molar-refractivity contribution in [1.82, 2.24) is 0 Å². The summed E-state index contributed by atoms with van der Waals surface area (Å²) < 4.78 is 26.3. The summed E-state index contributed by atoms with van der Waals surface area (Å²) in [7, 11) is 0. The number of halogens is 3. The molecule has 0 saturated carbocycles. The number of nitrogens with two attached hydrogens (primary N) is 1. The number of rotatable bonds is 2. The van der Waals surface area contributed by atoms with E-state index in [1.165, 1.54) is 11.3 Å². The fourth-order valence-electron chi connectivity index (χ4n) is 1.38. The zero-order chi connectivity index (χ0) is 10.8. The van der Waals surface area contributed by atoms with Gasteiger partial charge < -0.3 is 5.73 Å². The van der Waals surface area contributed by atoms with Gasteiger partial charge in [-0.1, -0.05) is 0 Å². The summed E-state index contributed by atoms with van der Waals surface area (Å²) in [6.07, 6.45) is 0. The van der Waals surface area contributed by atoms with Crippen LogP contribution < -0.4 is 5.73 Å². The standard InChI is InChI=1S/C11H9F2NS.ClH/c12-8-1-2-10(13)9(5-8)11(14)7-3-4-15-6-7;/h1-6,11H,14H2;1H/t11-;/m0./s1. The van der Waals surface area contributed by atoms with Crippen molar-refractivity contribution in [3.05, 3.63) is 57.8 Å². The number of hydrogen-bond acceptors (Lipinski definition) is 2. The van der Waals surface area contributed by atoms with Gasteiger partial charge in [-0.25, -0.2) is 8.78 Å². The molecule has 5 heteroatoms. The van der Waals surface area contributed by atoms with Gasteiger partial charge >= 0.3 is 0 Å². The highest BCUT2D eigenvalue weighted by Gasteiger charge is 2.14. The van der Waals surface area contributed by atoms with E-state index in [0.717, 1.165) is 23.8 Å². The van der Waals surface area contributed by atoms with Gasteiger partial charge in [0.05, 0.1) is 6.04 Å². The van der Waals surface area contributed by atoms with Gasteiger partial charge in [-0.05, 0) is 40.6 Å². The summed E-state index contributed by atoms with van der Waals surface area (Å²) in [4.78, 5) is 0. The van der Waals surface area contributed by atoms with Crippen LogP contribution in [0.15, 0.2) is 35.0 Å². The molecule has 16 heavy (non-hydrogen) atoms. The van der Waals surface area contributed by atoms with Gasteiger partial charge in [0.1, 0.15) is 11.6 Å². The van der Waals surface area contributed by atoms with Crippen molar-refractivity contribution in [3.8, 4) is 0 Å². The third-order valence-electron chi connectivity index (χ3n) is 2.20.